The number of primary amides is 1. The van der Waals surface area contributed by atoms with E-state index in [0.717, 1.165) is 18.2 Å². The molecule has 1 unspecified atom stereocenters. The molecule has 0 spiro atoms. The van der Waals surface area contributed by atoms with Crippen molar-refractivity contribution < 1.29 is 18.0 Å². The summed E-state index contributed by atoms with van der Waals surface area (Å²) in [5, 5.41) is -0.114. The van der Waals surface area contributed by atoms with Gasteiger partial charge in [0.15, 0.2) is 0 Å². The summed E-state index contributed by atoms with van der Waals surface area (Å²) in [4.78, 5) is 11.2. The topological polar surface area (TPSA) is 43.1 Å². The second kappa shape index (κ2) is 7.91. The van der Waals surface area contributed by atoms with Gasteiger partial charge >= 0.3 is 6.18 Å². The Kier molecular flexibility index (Phi) is 6.27. The summed E-state index contributed by atoms with van der Waals surface area (Å²) in [5.74, 6) is -2.53. The standard InChI is InChI=1S/C18H13Cl3F3NO/c1-9-6-10(2-4-12(9)17(25)26)3-5-13(18(22,23)24)11-7-14(19)16(21)15(20)8-11/h2-8,13H,1H3,(H2,25,26)/b5-3+. The van der Waals surface area contributed by atoms with Gasteiger partial charge in [-0.25, -0.2) is 0 Å². The number of carbonyl (C=O) groups is 1. The van der Waals surface area contributed by atoms with E-state index in [1.54, 1.807) is 13.0 Å². The minimum absolute atomic E-state index is 0.000322. The van der Waals surface area contributed by atoms with E-state index in [2.05, 4.69) is 0 Å². The minimum Gasteiger partial charge on any atom is -0.366 e. The number of hydrogen-bond acceptors (Lipinski definition) is 1. The van der Waals surface area contributed by atoms with Gasteiger partial charge in [-0.1, -0.05) is 59.1 Å². The Morgan fingerprint density at radius 3 is 2.15 bits per heavy atom. The molecule has 0 aliphatic carbocycles. The summed E-state index contributed by atoms with van der Waals surface area (Å²) in [6, 6.07) is 6.83. The van der Waals surface area contributed by atoms with E-state index in [0.29, 0.717) is 16.7 Å². The monoisotopic (exact) mass is 421 g/mol. The maximum Gasteiger partial charge on any atom is 0.399 e. The van der Waals surface area contributed by atoms with Gasteiger partial charge in [-0.15, -0.1) is 0 Å². The van der Waals surface area contributed by atoms with Gasteiger partial charge in [0.2, 0.25) is 5.91 Å². The molecule has 0 radical (unpaired) electrons. The lowest BCUT2D eigenvalue weighted by Gasteiger charge is -2.18. The highest BCUT2D eigenvalue weighted by molar-refractivity contribution is 6.48. The first-order valence-electron chi connectivity index (χ1n) is 7.30. The Labute approximate surface area is 163 Å². The quantitative estimate of drug-likeness (QED) is 0.568. The molecule has 0 saturated heterocycles. The number of benzene rings is 2. The third-order valence-corrected chi connectivity index (χ3v) is 4.91. The van der Waals surface area contributed by atoms with Crippen molar-refractivity contribution in [3.05, 3.63) is 73.7 Å². The van der Waals surface area contributed by atoms with Crippen LogP contribution in [0.25, 0.3) is 6.08 Å². The number of rotatable bonds is 4. The fourth-order valence-electron chi connectivity index (χ4n) is 2.44. The van der Waals surface area contributed by atoms with E-state index in [1.165, 1.54) is 18.2 Å². The molecule has 0 aliphatic rings. The Hall–Kier alpha value is -1.69. The van der Waals surface area contributed by atoms with Crippen LogP contribution in [0, 0.1) is 6.92 Å². The first-order valence-corrected chi connectivity index (χ1v) is 8.44. The van der Waals surface area contributed by atoms with E-state index < -0.39 is 18.0 Å². The number of aryl methyl sites for hydroxylation is 1. The highest BCUT2D eigenvalue weighted by atomic mass is 35.5. The van der Waals surface area contributed by atoms with Crippen molar-refractivity contribution in [3.63, 3.8) is 0 Å². The minimum atomic E-state index is -4.56. The van der Waals surface area contributed by atoms with Crippen molar-refractivity contribution in [1.29, 1.82) is 0 Å². The van der Waals surface area contributed by atoms with Gasteiger partial charge < -0.3 is 5.73 Å². The molecule has 0 heterocycles. The first-order chi connectivity index (χ1) is 12.0. The molecule has 2 N–H and O–H groups in total. The summed E-state index contributed by atoms with van der Waals surface area (Å²) < 4.78 is 40.5. The van der Waals surface area contributed by atoms with Gasteiger partial charge in [0, 0.05) is 5.56 Å². The van der Waals surface area contributed by atoms with Gasteiger partial charge in [-0.05, 0) is 41.8 Å². The molecule has 26 heavy (non-hydrogen) atoms. The van der Waals surface area contributed by atoms with E-state index in [9.17, 15) is 18.0 Å². The Balaban J connectivity index is 2.42. The molecule has 0 fully saturated rings. The van der Waals surface area contributed by atoms with Crippen LogP contribution in [0.5, 0.6) is 0 Å². The fraction of sp³-hybridized carbons (Fsp3) is 0.167. The highest BCUT2D eigenvalue weighted by Gasteiger charge is 2.39. The predicted molar refractivity (Wildman–Crippen MR) is 99.0 cm³/mol. The molecule has 0 saturated carbocycles. The van der Waals surface area contributed by atoms with Crippen LogP contribution in [-0.4, -0.2) is 12.1 Å². The van der Waals surface area contributed by atoms with Crippen LogP contribution in [-0.2, 0) is 0 Å². The smallest absolute Gasteiger partial charge is 0.366 e. The first kappa shape index (κ1) is 20.6. The van der Waals surface area contributed by atoms with E-state index in [-0.39, 0.29) is 20.6 Å². The molecule has 8 heteroatoms. The molecular weight excluding hydrogens is 410 g/mol. The van der Waals surface area contributed by atoms with E-state index in [1.807, 2.05) is 0 Å². The summed E-state index contributed by atoms with van der Waals surface area (Å²) in [5.41, 5.74) is 6.47. The van der Waals surface area contributed by atoms with Gasteiger partial charge in [0.05, 0.1) is 21.0 Å². The average Bonchev–Trinajstić information content (AvgIpc) is 2.51. The third kappa shape index (κ3) is 4.72. The normalized spacial score (nSPS) is 13.2. The molecule has 2 rings (SSSR count). The number of allylic oxidation sites excluding steroid dienone is 1. The van der Waals surface area contributed by atoms with Crippen LogP contribution in [0.3, 0.4) is 0 Å². The van der Waals surface area contributed by atoms with Gasteiger partial charge in [0.25, 0.3) is 0 Å². The lowest BCUT2D eigenvalue weighted by molar-refractivity contribution is -0.139. The maximum absolute atomic E-state index is 13.5. The number of carbonyl (C=O) groups excluding carboxylic acids is 1. The van der Waals surface area contributed by atoms with Crippen LogP contribution >= 0.6 is 34.8 Å². The van der Waals surface area contributed by atoms with Crippen LogP contribution in [0.4, 0.5) is 13.2 Å². The van der Waals surface area contributed by atoms with Crippen molar-refractivity contribution in [3.8, 4) is 0 Å². The van der Waals surface area contributed by atoms with E-state index in [4.69, 9.17) is 40.5 Å². The van der Waals surface area contributed by atoms with Crippen molar-refractivity contribution in [2.24, 2.45) is 5.73 Å². The average molecular weight is 423 g/mol. The number of nitrogens with two attached hydrogens (primary N) is 1. The van der Waals surface area contributed by atoms with Crippen LogP contribution in [0.1, 0.15) is 33.0 Å². The van der Waals surface area contributed by atoms with Gasteiger partial charge in [-0.2, -0.15) is 13.2 Å². The molecule has 2 aromatic rings. The van der Waals surface area contributed by atoms with Crippen molar-refractivity contribution in [2.75, 3.05) is 0 Å². The number of alkyl halides is 3. The SMILES string of the molecule is Cc1cc(/C=C/C(c2cc(Cl)c(Cl)c(Cl)c2)C(F)(F)F)ccc1C(N)=O. The largest absolute Gasteiger partial charge is 0.399 e. The number of hydrogen-bond donors (Lipinski definition) is 1. The Bertz CT molecular complexity index is 855. The van der Waals surface area contributed by atoms with Crippen molar-refractivity contribution in [1.82, 2.24) is 0 Å². The molecule has 1 amide bonds. The molecule has 2 nitrogen and oxygen atoms in total. The van der Waals surface area contributed by atoms with Crippen LogP contribution in [0.15, 0.2) is 36.4 Å². The summed E-state index contributed by atoms with van der Waals surface area (Å²) in [6.07, 6.45) is -2.25. The highest BCUT2D eigenvalue weighted by Crippen LogP contribution is 2.41. The lowest BCUT2D eigenvalue weighted by atomic mass is 9.96. The second-order valence-corrected chi connectivity index (χ2v) is 6.81. The molecule has 0 bridgehead atoms. The molecule has 0 aromatic heterocycles. The fourth-order valence-corrected chi connectivity index (χ4v) is 3.05. The van der Waals surface area contributed by atoms with Crippen molar-refractivity contribution >= 4 is 46.8 Å². The van der Waals surface area contributed by atoms with Gasteiger partial charge in [-0.3, -0.25) is 4.79 Å². The number of amides is 1. The lowest BCUT2D eigenvalue weighted by Crippen LogP contribution is -2.19. The van der Waals surface area contributed by atoms with Gasteiger partial charge in [0.1, 0.15) is 0 Å². The predicted octanol–water partition coefficient (Wildman–Crippen LogP) is 6.41. The van der Waals surface area contributed by atoms with E-state index >= 15 is 0 Å². The molecule has 2 aromatic carbocycles. The summed E-state index contributed by atoms with van der Waals surface area (Å²) in [6.45, 7) is 1.65. The van der Waals surface area contributed by atoms with Crippen LogP contribution in [0.2, 0.25) is 15.1 Å². The zero-order valence-corrected chi connectivity index (χ0v) is 15.6. The summed E-state index contributed by atoms with van der Waals surface area (Å²) in [7, 11) is 0. The van der Waals surface area contributed by atoms with Crippen molar-refractivity contribution in [2.45, 2.75) is 19.0 Å². The maximum atomic E-state index is 13.5. The zero-order chi connectivity index (χ0) is 19.6. The summed E-state index contributed by atoms with van der Waals surface area (Å²) >= 11 is 17.5. The third-order valence-electron chi connectivity index (χ3n) is 3.71. The van der Waals surface area contributed by atoms with Crippen LogP contribution < -0.4 is 5.73 Å². The molecular formula is C18H13Cl3F3NO. The Morgan fingerprint density at radius 1 is 1.12 bits per heavy atom. The molecule has 1 atom stereocenters. The number of halogens is 6. The second-order valence-electron chi connectivity index (χ2n) is 5.62. The Morgan fingerprint density at radius 2 is 1.69 bits per heavy atom. The molecule has 138 valence electrons. The zero-order valence-electron chi connectivity index (χ0n) is 13.4. The molecule has 0 aliphatic heterocycles.